The highest BCUT2D eigenvalue weighted by Crippen LogP contribution is 2.67. The van der Waals surface area contributed by atoms with Crippen molar-refractivity contribution in [3.8, 4) is 0 Å². The van der Waals surface area contributed by atoms with Crippen LogP contribution in [0.1, 0.15) is 83.6 Å². The zero-order valence-electron chi connectivity index (χ0n) is 23.0. The molecule has 0 saturated heterocycles. The lowest BCUT2D eigenvalue weighted by Crippen LogP contribution is -2.58. The first kappa shape index (κ1) is 27.7. The first-order chi connectivity index (χ1) is 18.6. The molecular formula is C31H40N2O6. The number of aromatic nitrogens is 1. The number of allylic oxidation sites excluding steroid dienone is 1. The Kier molecular flexibility index (Phi) is 7.53. The fourth-order valence-corrected chi connectivity index (χ4v) is 8.38. The largest absolute Gasteiger partial charge is 0.458 e. The number of ketones is 2. The fraction of sp³-hybridized carbons (Fsp3) is 0.645. The van der Waals surface area contributed by atoms with E-state index in [1.165, 1.54) is 5.57 Å². The smallest absolute Gasteiger partial charge is 0.306 e. The fourth-order valence-electron chi connectivity index (χ4n) is 8.38. The lowest BCUT2D eigenvalue weighted by molar-refractivity contribution is -0.170. The van der Waals surface area contributed by atoms with Crippen LogP contribution in [0.4, 0.5) is 0 Å². The quantitative estimate of drug-likeness (QED) is 0.484. The highest BCUT2D eigenvalue weighted by atomic mass is 16.5. The van der Waals surface area contributed by atoms with E-state index in [-0.39, 0.29) is 35.9 Å². The summed E-state index contributed by atoms with van der Waals surface area (Å²) in [6.07, 6.45) is 11.2. The van der Waals surface area contributed by atoms with Crippen molar-refractivity contribution in [1.82, 2.24) is 10.3 Å². The molecule has 4 aliphatic carbocycles. The second-order valence-corrected chi connectivity index (χ2v) is 12.5. The van der Waals surface area contributed by atoms with Crippen molar-refractivity contribution in [3.05, 3.63) is 41.7 Å². The van der Waals surface area contributed by atoms with Gasteiger partial charge in [0.05, 0.1) is 6.42 Å². The Bertz CT molecular complexity index is 1180. The summed E-state index contributed by atoms with van der Waals surface area (Å²) in [5.74, 6) is -0.0192. The maximum Gasteiger partial charge on any atom is 0.306 e. The van der Waals surface area contributed by atoms with Crippen LogP contribution in [0.5, 0.6) is 0 Å². The van der Waals surface area contributed by atoms with Crippen molar-refractivity contribution in [1.29, 1.82) is 0 Å². The molecule has 1 amide bonds. The Morgan fingerprint density at radius 1 is 1.08 bits per heavy atom. The number of carbonyl (C=O) groups is 4. The van der Waals surface area contributed by atoms with E-state index in [9.17, 15) is 24.3 Å². The van der Waals surface area contributed by atoms with E-state index < -0.39 is 29.4 Å². The molecule has 4 aliphatic rings. The number of esters is 1. The molecule has 5 rings (SSSR count). The number of nitrogens with zero attached hydrogens (tertiary/aromatic N) is 1. The summed E-state index contributed by atoms with van der Waals surface area (Å²) in [5.41, 5.74) is 0.0985. The first-order valence-corrected chi connectivity index (χ1v) is 14.4. The summed E-state index contributed by atoms with van der Waals surface area (Å²) in [4.78, 5) is 53.8. The zero-order chi connectivity index (χ0) is 27.8. The number of hydrogen-bond acceptors (Lipinski definition) is 7. The predicted molar refractivity (Wildman–Crippen MR) is 143 cm³/mol. The van der Waals surface area contributed by atoms with Crippen LogP contribution in [0.25, 0.3) is 0 Å². The van der Waals surface area contributed by atoms with Crippen LogP contribution >= 0.6 is 0 Å². The molecule has 6 atom stereocenters. The highest BCUT2D eigenvalue weighted by Gasteiger charge is 2.66. The molecule has 0 bridgehead atoms. The second-order valence-electron chi connectivity index (χ2n) is 12.5. The molecule has 2 N–H and O–H groups in total. The summed E-state index contributed by atoms with van der Waals surface area (Å²) in [7, 11) is 0. The van der Waals surface area contributed by atoms with Crippen LogP contribution in [0.2, 0.25) is 0 Å². The van der Waals surface area contributed by atoms with E-state index >= 15 is 0 Å². The molecule has 8 heteroatoms. The molecule has 1 heterocycles. The van der Waals surface area contributed by atoms with E-state index in [0.29, 0.717) is 31.2 Å². The number of nitrogens with one attached hydrogen (secondary N) is 1. The number of ether oxygens (including phenoxy) is 1. The van der Waals surface area contributed by atoms with Crippen LogP contribution in [0.15, 0.2) is 36.2 Å². The minimum absolute atomic E-state index is 0.0304. The van der Waals surface area contributed by atoms with Gasteiger partial charge in [-0.2, -0.15) is 0 Å². The number of fused-ring (bicyclic) bond motifs is 5. The van der Waals surface area contributed by atoms with Crippen LogP contribution in [-0.2, 0) is 30.5 Å². The molecule has 0 aromatic carbocycles. The normalized spacial score (nSPS) is 35.2. The van der Waals surface area contributed by atoms with Crippen LogP contribution in [-0.4, -0.2) is 45.7 Å². The molecule has 3 saturated carbocycles. The van der Waals surface area contributed by atoms with Gasteiger partial charge in [-0.15, -0.1) is 0 Å². The monoisotopic (exact) mass is 536 g/mol. The standard InChI is InChI=1S/C31H40N2O6/c1-29-12-9-22(34)16-21(29)5-6-23-24(29)10-13-30(2)25(23)11-14-31(30,38)26(35)19-39-28(37)8-7-27(36)33-18-20-4-3-15-32-17-20/h3-4,15-17,23-25,38H,5-14,18-19H2,1-2H3,(H,33,36)/t23?,24?,25?,29-,30-,31-/m0/s1. The average Bonchev–Trinajstić information content (AvgIpc) is 3.21. The number of carbonyl (C=O) groups excluding carboxylic acids is 4. The van der Waals surface area contributed by atoms with E-state index in [1.54, 1.807) is 18.5 Å². The molecule has 8 nitrogen and oxygen atoms in total. The molecule has 0 radical (unpaired) electrons. The van der Waals surface area contributed by atoms with Gasteiger partial charge in [-0.1, -0.05) is 25.5 Å². The average molecular weight is 537 g/mol. The first-order valence-electron chi connectivity index (χ1n) is 14.4. The summed E-state index contributed by atoms with van der Waals surface area (Å²) >= 11 is 0. The minimum atomic E-state index is -1.52. The Hall–Kier alpha value is -2.87. The number of aliphatic hydroxyl groups is 1. The highest BCUT2D eigenvalue weighted by molar-refractivity contribution is 5.92. The van der Waals surface area contributed by atoms with Crippen LogP contribution in [0, 0.1) is 28.6 Å². The molecular weight excluding hydrogens is 496 g/mol. The maximum atomic E-state index is 13.4. The number of rotatable bonds is 8. The zero-order valence-corrected chi connectivity index (χ0v) is 23.0. The summed E-state index contributed by atoms with van der Waals surface area (Å²) in [6, 6.07) is 3.63. The second kappa shape index (κ2) is 10.6. The lowest BCUT2D eigenvalue weighted by atomic mass is 9.46. The van der Waals surface area contributed by atoms with E-state index in [4.69, 9.17) is 4.74 Å². The van der Waals surface area contributed by atoms with E-state index in [1.807, 2.05) is 19.1 Å². The van der Waals surface area contributed by atoms with Gasteiger partial charge >= 0.3 is 5.97 Å². The summed E-state index contributed by atoms with van der Waals surface area (Å²) in [5, 5.41) is 14.5. The third-order valence-electron chi connectivity index (χ3n) is 10.7. The molecule has 0 spiro atoms. The Labute approximate surface area is 230 Å². The van der Waals surface area contributed by atoms with Gasteiger partial charge in [0.2, 0.25) is 11.7 Å². The Morgan fingerprint density at radius 2 is 1.87 bits per heavy atom. The third kappa shape index (κ3) is 4.96. The van der Waals surface area contributed by atoms with Crippen molar-refractivity contribution < 1.29 is 29.0 Å². The topological polar surface area (TPSA) is 123 Å². The number of Topliss-reactive ketones (excluding diaryl/α,β-unsaturated/α-hetero) is 1. The van der Waals surface area contributed by atoms with Crippen LogP contribution in [0.3, 0.4) is 0 Å². The van der Waals surface area contributed by atoms with Gasteiger partial charge in [0.15, 0.2) is 12.4 Å². The van der Waals surface area contributed by atoms with Gasteiger partial charge in [-0.3, -0.25) is 24.2 Å². The number of pyridine rings is 1. The van der Waals surface area contributed by atoms with Gasteiger partial charge in [-0.05, 0) is 85.8 Å². The Morgan fingerprint density at radius 3 is 2.64 bits per heavy atom. The van der Waals surface area contributed by atoms with Gasteiger partial charge in [0, 0.05) is 37.2 Å². The maximum absolute atomic E-state index is 13.4. The van der Waals surface area contributed by atoms with Crippen molar-refractivity contribution in [3.63, 3.8) is 0 Å². The van der Waals surface area contributed by atoms with Gasteiger partial charge in [0.25, 0.3) is 0 Å². The summed E-state index contributed by atoms with van der Waals surface area (Å²) < 4.78 is 5.24. The SMILES string of the molecule is C[C@]12CCC(=O)C=C1CCC1C2CC[C@@]2(C)C1CC[C@]2(O)C(=O)COC(=O)CCC(=O)NCc1cccnc1. The van der Waals surface area contributed by atoms with Crippen LogP contribution < -0.4 is 5.32 Å². The van der Waals surface area contributed by atoms with Gasteiger partial charge in [-0.25, -0.2) is 0 Å². The van der Waals surface area contributed by atoms with E-state index in [2.05, 4.69) is 17.2 Å². The molecule has 1 aromatic rings. The van der Waals surface area contributed by atoms with E-state index in [0.717, 1.165) is 44.1 Å². The molecule has 3 fully saturated rings. The molecule has 3 unspecified atom stereocenters. The number of hydrogen-bond donors (Lipinski definition) is 2. The summed E-state index contributed by atoms with van der Waals surface area (Å²) in [6.45, 7) is 4.21. The lowest BCUT2D eigenvalue weighted by Gasteiger charge is -2.58. The van der Waals surface area contributed by atoms with Gasteiger partial charge in [0.1, 0.15) is 5.60 Å². The predicted octanol–water partition coefficient (Wildman–Crippen LogP) is 3.85. The molecule has 39 heavy (non-hydrogen) atoms. The minimum Gasteiger partial charge on any atom is -0.458 e. The van der Waals surface area contributed by atoms with Crippen molar-refractivity contribution in [2.24, 2.45) is 28.6 Å². The molecule has 210 valence electrons. The molecule has 1 aromatic heterocycles. The van der Waals surface area contributed by atoms with Gasteiger partial charge < -0.3 is 15.2 Å². The Balaban J connectivity index is 1.15. The number of amides is 1. The molecule has 0 aliphatic heterocycles. The third-order valence-corrected chi connectivity index (χ3v) is 10.7. The van der Waals surface area contributed by atoms with Crippen molar-refractivity contribution in [2.45, 2.75) is 90.2 Å². The van der Waals surface area contributed by atoms with Crippen molar-refractivity contribution in [2.75, 3.05) is 6.61 Å². The van der Waals surface area contributed by atoms with Crippen molar-refractivity contribution >= 4 is 23.4 Å².